The second kappa shape index (κ2) is 3.56. The normalized spacial score (nSPS) is 19.3. The number of benzene rings is 1. The number of ether oxygens (including phenoxy) is 1. The van der Waals surface area contributed by atoms with Crippen LogP contribution in [0.15, 0.2) is 40.9 Å². The minimum atomic E-state index is 0.0892. The first-order valence-corrected chi connectivity index (χ1v) is 6.30. The van der Waals surface area contributed by atoms with Gasteiger partial charge in [0.25, 0.3) is 6.23 Å². The van der Waals surface area contributed by atoms with E-state index in [1.54, 1.807) is 0 Å². The molecule has 2 aromatic heterocycles. The van der Waals surface area contributed by atoms with Crippen LogP contribution in [0.4, 0.5) is 0 Å². The molecule has 0 radical (unpaired) electrons. The van der Waals surface area contributed by atoms with Crippen molar-refractivity contribution in [1.82, 2.24) is 0 Å². The maximum atomic E-state index is 5.89. The van der Waals surface area contributed by atoms with Crippen LogP contribution in [-0.2, 0) is 11.2 Å². The zero-order valence-corrected chi connectivity index (χ0v) is 10.2. The standard InChI is InChI=1S/C15H14NO2/c1-10-16-9-15-13(8-11(16)6-7-17-10)12-4-2-3-5-14(12)18-15/h2-5,8-10H,6-7H2,1H3/q+1. The van der Waals surface area contributed by atoms with Gasteiger partial charge in [-0.05, 0) is 6.07 Å². The minimum Gasteiger partial charge on any atom is -0.450 e. The van der Waals surface area contributed by atoms with Crippen molar-refractivity contribution in [3.05, 3.63) is 42.2 Å². The van der Waals surface area contributed by atoms with Crippen LogP contribution in [0.3, 0.4) is 0 Å². The zero-order chi connectivity index (χ0) is 12.1. The third kappa shape index (κ3) is 1.31. The largest absolute Gasteiger partial charge is 0.450 e. The van der Waals surface area contributed by atoms with Crippen LogP contribution in [0, 0.1) is 0 Å². The monoisotopic (exact) mass is 240 g/mol. The van der Waals surface area contributed by atoms with E-state index >= 15 is 0 Å². The third-order valence-electron chi connectivity index (χ3n) is 3.67. The third-order valence-corrected chi connectivity index (χ3v) is 3.67. The summed E-state index contributed by atoms with van der Waals surface area (Å²) in [6.07, 6.45) is 3.11. The highest BCUT2D eigenvalue weighted by Gasteiger charge is 2.26. The molecule has 3 aromatic rings. The van der Waals surface area contributed by atoms with Gasteiger partial charge in [-0.1, -0.05) is 18.2 Å². The molecule has 0 N–H and O–H groups in total. The number of aromatic nitrogens is 1. The Labute approximate surface area is 105 Å². The summed E-state index contributed by atoms with van der Waals surface area (Å²) in [5, 5.41) is 2.39. The first-order valence-electron chi connectivity index (χ1n) is 6.30. The van der Waals surface area contributed by atoms with Gasteiger partial charge < -0.3 is 9.15 Å². The Morgan fingerprint density at radius 2 is 2.06 bits per heavy atom. The smallest absolute Gasteiger partial charge is 0.259 e. The number of para-hydroxylation sites is 1. The second-order valence-electron chi connectivity index (χ2n) is 4.77. The van der Waals surface area contributed by atoms with Gasteiger partial charge in [0.05, 0.1) is 13.0 Å². The fourth-order valence-electron chi connectivity index (χ4n) is 2.73. The van der Waals surface area contributed by atoms with Crippen LogP contribution < -0.4 is 4.57 Å². The zero-order valence-electron chi connectivity index (χ0n) is 10.2. The molecular formula is C15H14NO2+. The van der Waals surface area contributed by atoms with Gasteiger partial charge in [-0.3, -0.25) is 0 Å². The Hall–Kier alpha value is -1.87. The molecule has 1 aromatic carbocycles. The fourth-order valence-corrected chi connectivity index (χ4v) is 2.73. The lowest BCUT2D eigenvalue weighted by atomic mass is 10.1. The lowest BCUT2D eigenvalue weighted by Crippen LogP contribution is -2.46. The number of hydrogen-bond donors (Lipinski definition) is 0. The number of pyridine rings is 1. The highest BCUT2D eigenvalue weighted by atomic mass is 16.5. The molecule has 0 aliphatic carbocycles. The summed E-state index contributed by atoms with van der Waals surface area (Å²) in [5.41, 5.74) is 3.19. The van der Waals surface area contributed by atoms with Gasteiger partial charge in [-0.25, -0.2) is 0 Å². The predicted octanol–water partition coefficient (Wildman–Crippen LogP) is 2.96. The van der Waals surface area contributed by atoms with Gasteiger partial charge in [0, 0.05) is 23.8 Å². The topological polar surface area (TPSA) is 26.2 Å². The molecule has 0 saturated heterocycles. The van der Waals surface area contributed by atoms with Crippen molar-refractivity contribution in [2.45, 2.75) is 19.6 Å². The van der Waals surface area contributed by atoms with Gasteiger partial charge in [-0.15, -0.1) is 0 Å². The maximum absolute atomic E-state index is 5.89. The van der Waals surface area contributed by atoms with E-state index in [-0.39, 0.29) is 6.23 Å². The van der Waals surface area contributed by atoms with Crippen LogP contribution in [0.25, 0.3) is 21.9 Å². The first kappa shape index (κ1) is 10.1. The summed E-state index contributed by atoms with van der Waals surface area (Å²) >= 11 is 0. The molecule has 3 heterocycles. The van der Waals surface area contributed by atoms with Gasteiger partial charge in [0.1, 0.15) is 5.58 Å². The molecule has 18 heavy (non-hydrogen) atoms. The maximum Gasteiger partial charge on any atom is 0.259 e. The van der Waals surface area contributed by atoms with E-state index in [4.69, 9.17) is 9.15 Å². The molecule has 0 bridgehead atoms. The Kier molecular flexibility index (Phi) is 2.00. The molecule has 0 saturated carbocycles. The van der Waals surface area contributed by atoms with Gasteiger partial charge in [0.2, 0.25) is 6.20 Å². The van der Waals surface area contributed by atoms with Crippen molar-refractivity contribution in [3.63, 3.8) is 0 Å². The number of hydrogen-bond acceptors (Lipinski definition) is 2. The summed E-state index contributed by atoms with van der Waals surface area (Å²) < 4.78 is 13.7. The fraction of sp³-hybridized carbons (Fsp3) is 0.267. The van der Waals surface area contributed by atoms with E-state index in [9.17, 15) is 0 Å². The number of furan rings is 1. The summed E-state index contributed by atoms with van der Waals surface area (Å²) in [5.74, 6) is 0. The summed E-state index contributed by atoms with van der Waals surface area (Å²) in [6.45, 7) is 2.86. The molecule has 1 aliphatic rings. The molecule has 1 atom stereocenters. The predicted molar refractivity (Wildman–Crippen MR) is 68.3 cm³/mol. The van der Waals surface area contributed by atoms with Gasteiger partial charge >= 0.3 is 0 Å². The van der Waals surface area contributed by atoms with E-state index in [0.717, 1.165) is 24.2 Å². The Balaban J connectivity index is 2.10. The van der Waals surface area contributed by atoms with E-state index in [1.807, 2.05) is 12.1 Å². The summed E-state index contributed by atoms with van der Waals surface area (Å²) in [6, 6.07) is 10.4. The van der Waals surface area contributed by atoms with Crippen molar-refractivity contribution >= 4 is 21.9 Å². The first-order chi connectivity index (χ1) is 8.83. The lowest BCUT2D eigenvalue weighted by Gasteiger charge is -2.16. The Morgan fingerprint density at radius 3 is 3.00 bits per heavy atom. The lowest BCUT2D eigenvalue weighted by molar-refractivity contribution is -0.772. The Bertz CT molecular complexity index is 745. The molecule has 0 amide bonds. The molecule has 1 unspecified atom stereocenters. The van der Waals surface area contributed by atoms with Crippen molar-refractivity contribution in [2.24, 2.45) is 0 Å². The van der Waals surface area contributed by atoms with Crippen LogP contribution in [0.2, 0.25) is 0 Å². The minimum absolute atomic E-state index is 0.0892. The summed E-state index contributed by atoms with van der Waals surface area (Å²) in [4.78, 5) is 0. The average Bonchev–Trinajstić information content (AvgIpc) is 2.75. The van der Waals surface area contributed by atoms with Crippen LogP contribution >= 0.6 is 0 Å². The number of rotatable bonds is 0. The molecular weight excluding hydrogens is 226 g/mol. The van der Waals surface area contributed by atoms with E-state index in [0.29, 0.717) is 0 Å². The molecule has 4 rings (SSSR count). The molecule has 1 aliphatic heterocycles. The van der Waals surface area contributed by atoms with E-state index in [1.165, 1.54) is 16.5 Å². The quantitative estimate of drug-likeness (QED) is 0.565. The average molecular weight is 240 g/mol. The number of nitrogens with zero attached hydrogens (tertiary/aromatic N) is 1. The molecule has 0 spiro atoms. The van der Waals surface area contributed by atoms with Gasteiger partial charge in [-0.2, -0.15) is 4.57 Å². The summed E-state index contributed by atoms with van der Waals surface area (Å²) in [7, 11) is 0. The Morgan fingerprint density at radius 1 is 1.17 bits per heavy atom. The molecule has 90 valence electrons. The van der Waals surface area contributed by atoms with Crippen molar-refractivity contribution < 1.29 is 13.7 Å². The van der Waals surface area contributed by atoms with E-state index in [2.05, 4.69) is 35.9 Å². The molecule has 3 nitrogen and oxygen atoms in total. The highest BCUT2D eigenvalue weighted by Crippen LogP contribution is 2.28. The second-order valence-corrected chi connectivity index (χ2v) is 4.77. The van der Waals surface area contributed by atoms with Crippen molar-refractivity contribution in [3.8, 4) is 0 Å². The van der Waals surface area contributed by atoms with Crippen molar-refractivity contribution in [2.75, 3.05) is 6.61 Å². The van der Waals surface area contributed by atoms with Crippen LogP contribution in [0.5, 0.6) is 0 Å². The molecule has 0 fully saturated rings. The SMILES string of the molecule is CC1OCCc2cc3c(c[n+]21)oc1ccccc13. The molecule has 3 heteroatoms. The van der Waals surface area contributed by atoms with Crippen LogP contribution in [0.1, 0.15) is 18.8 Å². The van der Waals surface area contributed by atoms with Gasteiger partial charge in [0.15, 0.2) is 11.3 Å². The van der Waals surface area contributed by atoms with Crippen molar-refractivity contribution in [1.29, 1.82) is 0 Å². The van der Waals surface area contributed by atoms with Crippen LogP contribution in [-0.4, -0.2) is 6.61 Å². The highest BCUT2D eigenvalue weighted by molar-refractivity contribution is 6.04. The number of fused-ring (bicyclic) bond motifs is 4. The van der Waals surface area contributed by atoms with E-state index < -0.39 is 0 Å².